The Morgan fingerprint density at radius 3 is 2.80 bits per heavy atom. The number of methoxy groups -OCH3 is 1. The van der Waals surface area contributed by atoms with Crippen LogP contribution < -0.4 is 10.1 Å². The molecule has 0 radical (unpaired) electrons. The normalized spacial score (nSPS) is 26.0. The second-order valence-electron chi connectivity index (χ2n) is 6.71. The number of benzene rings is 1. The summed E-state index contributed by atoms with van der Waals surface area (Å²) in [5.41, 5.74) is -0.808. The topological polar surface area (TPSA) is 75.7 Å². The molecule has 1 spiro atoms. The summed E-state index contributed by atoms with van der Waals surface area (Å²) < 4.78 is 18.6. The molecule has 7 heteroatoms. The maximum atomic E-state index is 13.8. The second kappa shape index (κ2) is 6.46. The van der Waals surface area contributed by atoms with Crippen molar-refractivity contribution in [1.29, 1.82) is 0 Å². The molecule has 1 heterocycles. The zero-order chi connectivity index (χ0) is 18.2. The largest absolute Gasteiger partial charge is 0.494 e. The van der Waals surface area contributed by atoms with E-state index in [0.717, 1.165) is 30.2 Å². The molecule has 0 unspecified atom stereocenters. The average Bonchev–Trinajstić information content (AvgIpc) is 2.82. The molecule has 25 heavy (non-hydrogen) atoms. The van der Waals surface area contributed by atoms with Gasteiger partial charge >= 0.3 is 6.03 Å². The predicted octanol–water partition coefficient (Wildman–Crippen LogP) is 2.52. The Balaban J connectivity index is 1.78. The SMILES string of the molecule is COc1ccc(C(=O)CN2C(=O)N[C@@]3(CCCC[C@H]3C)C2=O)cc1F. The second-order valence-corrected chi connectivity index (χ2v) is 6.71. The lowest BCUT2D eigenvalue weighted by Crippen LogP contribution is -2.54. The molecule has 0 bridgehead atoms. The highest BCUT2D eigenvalue weighted by Gasteiger charge is 2.55. The molecule has 2 atom stereocenters. The minimum Gasteiger partial charge on any atom is -0.494 e. The van der Waals surface area contributed by atoms with E-state index in [-0.39, 0.29) is 23.1 Å². The molecule has 1 aliphatic heterocycles. The number of carbonyl (C=O) groups excluding carboxylic acids is 3. The summed E-state index contributed by atoms with van der Waals surface area (Å²) >= 11 is 0. The van der Waals surface area contributed by atoms with Crippen LogP contribution >= 0.6 is 0 Å². The van der Waals surface area contributed by atoms with Gasteiger partial charge in [0, 0.05) is 5.56 Å². The van der Waals surface area contributed by atoms with Gasteiger partial charge in [-0.25, -0.2) is 9.18 Å². The summed E-state index contributed by atoms with van der Waals surface area (Å²) in [5.74, 6) is -1.46. The maximum absolute atomic E-state index is 13.8. The molecular formula is C18H21FN2O4. The van der Waals surface area contributed by atoms with Gasteiger partial charge in [-0.05, 0) is 37.0 Å². The van der Waals surface area contributed by atoms with Crippen LogP contribution in [0.4, 0.5) is 9.18 Å². The van der Waals surface area contributed by atoms with Gasteiger partial charge in [0.2, 0.25) is 0 Å². The number of nitrogens with zero attached hydrogens (tertiary/aromatic N) is 1. The van der Waals surface area contributed by atoms with Crippen LogP contribution in [0.25, 0.3) is 0 Å². The van der Waals surface area contributed by atoms with Crippen LogP contribution in [0.15, 0.2) is 18.2 Å². The van der Waals surface area contributed by atoms with Crippen molar-refractivity contribution < 1.29 is 23.5 Å². The average molecular weight is 348 g/mol. The zero-order valence-corrected chi connectivity index (χ0v) is 14.3. The fourth-order valence-corrected chi connectivity index (χ4v) is 3.71. The van der Waals surface area contributed by atoms with Crippen LogP contribution in [0.5, 0.6) is 5.75 Å². The van der Waals surface area contributed by atoms with Gasteiger partial charge < -0.3 is 10.1 Å². The summed E-state index contributed by atoms with van der Waals surface area (Å²) in [6, 6.07) is 3.26. The smallest absolute Gasteiger partial charge is 0.325 e. The van der Waals surface area contributed by atoms with Crippen molar-refractivity contribution in [3.63, 3.8) is 0 Å². The number of ether oxygens (including phenoxy) is 1. The van der Waals surface area contributed by atoms with Gasteiger partial charge in [0.1, 0.15) is 5.54 Å². The standard InChI is InChI=1S/C18H21FN2O4/c1-11-5-3-4-8-18(11)16(23)21(17(24)20-18)10-14(22)12-6-7-15(25-2)13(19)9-12/h6-7,9,11H,3-5,8,10H2,1-2H3,(H,20,24)/t11-,18-/m1/s1. The number of carbonyl (C=O) groups is 3. The minimum absolute atomic E-state index is 0.0243. The van der Waals surface area contributed by atoms with Crippen LogP contribution in [0, 0.1) is 11.7 Å². The van der Waals surface area contributed by atoms with E-state index in [1.165, 1.54) is 19.2 Å². The van der Waals surface area contributed by atoms with E-state index in [4.69, 9.17) is 4.74 Å². The number of hydrogen-bond acceptors (Lipinski definition) is 4. The van der Waals surface area contributed by atoms with Crippen molar-refractivity contribution in [3.05, 3.63) is 29.6 Å². The molecule has 1 saturated heterocycles. The third kappa shape index (κ3) is 2.88. The van der Waals surface area contributed by atoms with Crippen LogP contribution in [0.1, 0.15) is 43.0 Å². The van der Waals surface area contributed by atoms with E-state index >= 15 is 0 Å². The van der Waals surface area contributed by atoms with Crippen molar-refractivity contribution in [1.82, 2.24) is 10.2 Å². The number of nitrogens with one attached hydrogen (secondary N) is 1. The maximum Gasteiger partial charge on any atom is 0.325 e. The lowest BCUT2D eigenvalue weighted by Gasteiger charge is -2.36. The minimum atomic E-state index is -0.902. The highest BCUT2D eigenvalue weighted by Crippen LogP contribution is 2.38. The van der Waals surface area contributed by atoms with Crippen LogP contribution in [-0.4, -0.2) is 41.8 Å². The number of Topliss-reactive ketones (excluding diaryl/α,β-unsaturated/α-hetero) is 1. The number of imide groups is 1. The third-order valence-corrected chi connectivity index (χ3v) is 5.28. The number of rotatable bonds is 4. The van der Waals surface area contributed by atoms with Gasteiger partial charge in [0.25, 0.3) is 5.91 Å². The number of urea groups is 1. The molecule has 1 saturated carbocycles. The predicted molar refractivity (Wildman–Crippen MR) is 87.9 cm³/mol. The molecule has 1 aliphatic carbocycles. The number of ketones is 1. The Morgan fingerprint density at radius 2 is 2.16 bits per heavy atom. The van der Waals surface area contributed by atoms with E-state index in [2.05, 4.69) is 5.32 Å². The Hall–Kier alpha value is -2.44. The van der Waals surface area contributed by atoms with Crippen LogP contribution in [0.3, 0.4) is 0 Å². The molecule has 1 aromatic rings. The Labute approximate surface area is 145 Å². The van der Waals surface area contributed by atoms with Crippen LogP contribution in [-0.2, 0) is 4.79 Å². The molecule has 1 N–H and O–H groups in total. The molecule has 3 amide bonds. The van der Waals surface area contributed by atoms with E-state index in [1.807, 2.05) is 6.92 Å². The summed E-state index contributed by atoms with van der Waals surface area (Å²) in [5, 5.41) is 2.80. The lowest BCUT2D eigenvalue weighted by molar-refractivity contribution is -0.133. The van der Waals surface area contributed by atoms with E-state index in [0.29, 0.717) is 6.42 Å². The molecule has 134 valence electrons. The summed E-state index contributed by atoms with van der Waals surface area (Å²) in [4.78, 5) is 38.5. The first-order valence-corrected chi connectivity index (χ1v) is 8.40. The molecule has 2 fully saturated rings. The number of halogens is 1. The van der Waals surface area contributed by atoms with Gasteiger partial charge in [-0.1, -0.05) is 19.8 Å². The lowest BCUT2D eigenvalue weighted by atomic mass is 9.73. The third-order valence-electron chi connectivity index (χ3n) is 5.28. The molecule has 1 aromatic carbocycles. The van der Waals surface area contributed by atoms with Crippen LogP contribution in [0.2, 0.25) is 0 Å². The molecule has 2 aliphatic rings. The fraction of sp³-hybridized carbons (Fsp3) is 0.500. The summed E-state index contributed by atoms with van der Waals surface area (Å²) in [6.45, 7) is 1.55. The summed E-state index contributed by atoms with van der Waals surface area (Å²) in [6.07, 6.45) is 3.33. The Bertz CT molecular complexity index is 736. The fourth-order valence-electron chi connectivity index (χ4n) is 3.71. The van der Waals surface area contributed by atoms with E-state index in [9.17, 15) is 18.8 Å². The van der Waals surface area contributed by atoms with Gasteiger partial charge in [-0.2, -0.15) is 0 Å². The van der Waals surface area contributed by atoms with E-state index < -0.39 is 29.7 Å². The molecular weight excluding hydrogens is 327 g/mol. The first-order chi connectivity index (χ1) is 11.9. The van der Waals surface area contributed by atoms with Crippen molar-refractivity contribution >= 4 is 17.7 Å². The van der Waals surface area contributed by atoms with Gasteiger partial charge in [-0.3, -0.25) is 14.5 Å². The Morgan fingerprint density at radius 1 is 1.40 bits per heavy atom. The quantitative estimate of drug-likeness (QED) is 0.670. The van der Waals surface area contributed by atoms with Gasteiger partial charge in [-0.15, -0.1) is 0 Å². The summed E-state index contributed by atoms with van der Waals surface area (Å²) in [7, 11) is 1.33. The van der Waals surface area contributed by atoms with E-state index in [1.54, 1.807) is 0 Å². The molecule has 3 rings (SSSR count). The highest BCUT2D eigenvalue weighted by molar-refractivity contribution is 6.11. The monoisotopic (exact) mass is 348 g/mol. The molecule has 0 aromatic heterocycles. The van der Waals surface area contributed by atoms with Crippen molar-refractivity contribution in [2.45, 2.75) is 38.1 Å². The first-order valence-electron chi connectivity index (χ1n) is 8.40. The van der Waals surface area contributed by atoms with Gasteiger partial charge in [0.05, 0.1) is 13.7 Å². The molecule has 6 nitrogen and oxygen atoms in total. The number of amides is 3. The van der Waals surface area contributed by atoms with Crippen molar-refractivity contribution in [3.8, 4) is 5.75 Å². The Kier molecular flexibility index (Phi) is 4.49. The zero-order valence-electron chi connectivity index (χ0n) is 14.3. The first kappa shape index (κ1) is 17.4. The van der Waals surface area contributed by atoms with Crippen molar-refractivity contribution in [2.24, 2.45) is 5.92 Å². The van der Waals surface area contributed by atoms with Crippen molar-refractivity contribution in [2.75, 3.05) is 13.7 Å². The van der Waals surface area contributed by atoms with Gasteiger partial charge in [0.15, 0.2) is 17.3 Å². The highest BCUT2D eigenvalue weighted by atomic mass is 19.1. The number of hydrogen-bond donors (Lipinski definition) is 1.